The fourth-order valence-electron chi connectivity index (χ4n) is 3.45. The van der Waals surface area contributed by atoms with Gasteiger partial charge in [0, 0.05) is 19.1 Å². The zero-order valence-electron chi connectivity index (χ0n) is 12.9. The van der Waals surface area contributed by atoms with Gasteiger partial charge in [-0.25, -0.2) is 0 Å². The van der Waals surface area contributed by atoms with Gasteiger partial charge in [-0.05, 0) is 59.3 Å². The quantitative estimate of drug-likeness (QED) is 0.779. The topological polar surface area (TPSA) is 55.8 Å². The second-order valence-electron chi connectivity index (χ2n) is 6.60. The Morgan fingerprint density at radius 2 is 2.15 bits per heavy atom. The summed E-state index contributed by atoms with van der Waals surface area (Å²) in [5.41, 5.74) is -0.295. The molecule has 0 aliphatic carbocycles. The maximum atomic E-state index is 13.0. The number of nitrogens with one attached hydrogen (secondary N) is 1. The Morgan fingerprint density at radius 1 is 1.45 bits per heavy atom. The Morgan fingerprint density at radius 3 is 2.70 bits per heavy atom. The zero-order valence-corrected chi connectivity index (χ0v) is 12.9. The van der Waals surface area contributed by atoms with Gasteiger partial charge >= 0.3 is 0 Å². The van der Waals surface area contributed by atoms with Crippen LogP contribution in [0.15, 0.2) is 0 Å². The molecule has 0 aromatic carbocycles. The van der Waals surface area contributed by atoms with Gasteiger partial charge in [-0.1, -0.05) is 0 Å². The molecule has 0 saturated carbocycles. The molecule has 2 aliphatic rings. The number of hydrogen-bond acceptors (Lipinski definition) is 4. The molecule has 2 aliphatic heterocycles. The molecular weight excluding hydrogens is 254 g/mol. The van der Waals surface area contributed by atoms with Crippen molar-refractivity contribution >= 4 is 5.91 Å². The van der Waals surface area contributed by atoms with Gasteiger partial charge in [0.2, 0.25) is 5.91 Å². The van der Waals surface area contributed by atoms with Crippen molar-refractivity contribution in [3.63, 3.8) is 0 Å². The van der Waals surface area contributed by atoms with Crippen LogP contribution >= 0.6 is 0 Å². The number of carbonyl (C=O) groups excluding carboxylic acids is 1. The molecule has 1 amide bonds. The fourth-order valence-corrected chi connectivity index (χ4v) is 3.45. The van der Waals surface area contributed by atoms with Crippen LogP contribution in [0.2, 0.25) is 0 Å². The fraction of sp³-hybridized carbons (Fsp3) is 0.933. The van der Waals surface area contributed by atoms with E-state index in [1.807, 2.05) is 4.90 Å². The maximum Gasteiger partial charge on any atom is 0.230 e. The van der Waals surface area contributed by atoms with Crippen molar-refractivity contribution in [1.82, 2.24) is 15.1 Å². The molecule has 0 aromatic rings. The van der Waals surface area contributed by atoms with Gasteiger partial charge in [0.05, 0.1) is 12.0 Å². The average Bonchev–Trinajstić information content (AvgIpc) is 2.46. The first kappa shape index (κ1) is 15.7. The molecule has 0 aromatic heterocycles. The van der Waals surface area contributed by atoms with Gasteiger partial charge in [-0.3, -0.25) is 4.79 Å². The number of carbonyl (C=O) groups is 1. The number of nitrogens with zero attached hydrogens (tertiary/aromatic N) is 2. The number of rotatable bonds is 4. The van der Waals surface area contributed by atoms with E-state index in [4.69, 9.17) is 0 Å². The van der Waals surface area contributed by atoms with Crippen molar-refractivity contribution in [2.75, 3.05) is 46.4 Å². The lowest BCUT2D eigenvalue weighted by Gasteiger charge is -2.43. The number of aliphatic hydroxyl groups excluding tert-OH is 1. The van der Waals surface area contributed by atoms with Crippen LogP contribution in [0.3, 0.4) is 0 Å². The minimum Gasteiger partial charge on any atom is -0.395 e. The van der Waals surface area contributed by atoms with Crippen LogP contribution in [0.25, 0.3) is 0 Å². The van der Waals surface area contributed by atoms with Crippen molar-refractivity contribution in [3.05, 3.63) is 0 Å². The van der Waals surface area contributed by atoms with Crippen molar-refractivity contribution in [2.24, 2.45) is 5.41 Å². The number of hydrogen-bond donors (Lipinski definition) is 2. The van der Waals surface area contributed by atoms with E-state index in [1.165, 1.54) is 0 Å². The standard InChI is InChI=1S/C15H29N3O2/c1-15(6-3-7-16-12-15)14(20)18(10-11-19)13-4-8-17(2)9-5-13/h13,16,19H,3-12H2,1-2H3. The smallest absolute Gasteiger partial charge is 0.230 e. The largest absolute Gasteiger partial charge is 0.395 e. The molecule has 116 valence electrons. The van der Waals surface area contributed by atoms with E-state index in [0.717, 1.165) is 51.9 Å². The summed E-state index contributed by atoms with van der Waals surface area (Å²) in [5, 5.41) is 12.7. The third-order valence-corrected chi connectivity index (χ3v) is 4.84. The Bertz CT molecular complexity index is 321. The molecule has 5 heteroatoms. The van der Waals surface area contributed by atoms with Crippen LogP contribution < -0.4 is 5.32 Å². The number of piperidine rings is 2. The average molecular weight is 283 g/mol. The molecule has 2 heterocycles. The molecular formula is C15H29N3O2. The van der Waals surface area contributed by atoms with E-state index < -0.39 is 0 Å². The lowest BCUT2D eigenvalue weighted by Crippen LogP contribution is -2.55. The molecule has 0 bridgehead atoms. The summed E-state index contributed by atoms with van der Waals surface area (Å²) in [6.07, 6.45) is 4.05. The van der Waals surface area contributed by atoms with Crippen LogP contribution in [-0.2, 0) is 4.79 Å². The Labute approximate surface area is 122 Å². The van der Waals surface area contributed by atoms with Gasteiger partial charge in [0.15, 0.2) is 0 Å². The SMILES string of the molecule is CN1CCC(N(CCO)C(=O)C2(C)CCCNC2)CC1. The van der Waals surface area contributed by atoms with E-state index in [0.29, 0.717) is 12.6 Å². The monoisotopic (exact) mass is 283 g/mol. The molecule has 0 spiro atoms. The van der Waals surface area contributed by atoms with Gasteiger partial charge in [-0.15, -0.1) is 0 Å². The predicted molar refractivity (Wildman–Crippen MR) is 79.5 cm³/mol. The van der Waals surface area contributed by atoms with E-state index in [2.05, 4.69) is 24.2 Å². The van der Waals surface area contributed by atoms with Gasteiger partial charge in [0.1, 0.15) is 0 Å². The van der Waals surface area contributed by atoms with Crippen LogP contribution in [-0.4, -0.2) is 73.2 Å². The summed E-state index contributed by atoms with van der Waals surface area (Å²) in [5.74, 6) is 0.230. The Balaban J connectivity index is 2.05. The lowest BCUT2D eigenvalue weighted by atomic mass is 9.80. The van der Waals surface area contributed by atoms with Crippen LogP contribution in [0.1, 0.15) is 32.6 Å². The Kier molecular flexibility index (Phi) is 5.41. The number of aliphatic hydroxyl groups is 1. The van der Waals surface area contributed by atoms with Crippen LogP contribution in [0.4, 0.5) is 0 Å². The molecule has 2 rings (SSSR count). The summed E-state index contributed by atoms with van der Waals surface area (Å²) >= 11 is 0. The van der Waals surface area contributed by atoms with Crippen molar-refractivity contribution in [3.8, 4) is 0 Å². The normalized spacial score (nSPS) is 29.4. The third-order valence-electron chi connectivity index (χ3n) is 4.84. The number of amides is 1. The van der Waals surface area contributed by atoms with Crippen LogP contribution in [0.5, 0.6) is 0 Å². The second kappa shape index (κ2) is 6.87. The highest BCUT2D eigenvalue weighted by molar-refractivity contribution is 5.83. The molecule has 1 atom stereocenters. The molecule has 1 unspecified atom stereocenters. The van der Waals surface area contributed by atoms with E-state index in [9.17, 15) is 9.90 Å². The molecule has 2 fully saturated rings. The van der Waals surface area contributed by atoms with Crippen LogP contribution in [0, 0.1) is 5.41 Å². The first-order valence-electron chi connectivity index (χ1n) is 7.88. The lowest BCUT2D eigenvalue weighted by molar-refractivity contribution is -0.146. The van der Waals surface area contributed by atoms with Gasteiger partial charge in [-0.2, -0.15) is 0 Å². The van der Waals surface area contributed by atoms with E-state index >= 15 is 0 Å². The maximum absolute atomic E-state index is 13.0. The molecule has 5 nitrogen and oxygen atoms in total. The highest BCUT2D eigenvalue weighted by atomic mass is 16.3. The highest BCUT2D eigenvalue weighted by Crippen LogP contribution is 2.30. The minimum absolute atomic E-state index is 0.0571. The summed E-state index contributed by atoms with van der Waals surface area (Å²) in [4.78, 5) is 17.2. The minimum atomic E-state index is -0.295. The van der Waals surface area contributed by atoms with Crippen molar-refractivity contribution in [1.29, 1.82) is 0 Å². The van der Waals surface area contributed by atoms with Crippen molar-refractivity contribution in [2.45, 2.75) is 38.6 Å². The first-order chi connectivity index (χ1) is 9.57. The second-order valence-corrected chi connectivity index (χ2v) is 6.60. The summed E-state index contributed by atoms with van der Waals surface area (Å²) in [6.45, 7) is 6.45. The van der Waals surface area contributed by atoms with Gasteiger partial charge < -0.3 is 20.2 Å². The summed E-state index contributed by atoms with van der Waals surface area (Å²) < 4.78 is 0. The molecule has 0 radical (unpaired) electrons. The number of likely N-dealkylation sites (tertiary alicyclic amines) is 1. The van der Waals surface area contributed by atoms with Gasteiger partial charge in [0.25, 0.3) is 0 Å². The molecule has 2 saturated heterocycles. The first-order valence-corrected chi connectivity index (χ1v) is 7.88. The van der Waals surface area contributed by atoms with E-state index in [-0.39, 0.29) is 17.9 Å². The van der Waals surface area contributed by atoms with Crippen molar-refractivity contribution < 1.29 is 9.90 Å². The predicted octanol–water partition coefficient (Wildman–Crippen LogP) is 0.291. The molecule has 20 heavy (non-hydrogen) atoms. The summed E-state index contributed by atoms with van der Waals surface area (Å²) in [7, 11) is 2.13. The third kappa shape index (κ3) is 3.51. The zero-order chi connectivity index (χ0) is 14.6. The molecule has 2 N–H and O–H groups in total. The Hall–Kier alpha value is -0.650. The summed E-state index contributed by atoms with van der Waals surface area (Å²) in [6, 6.07) is 0.296. The van der Waals surface area contributed by atoms with E-state index in [1.54, 1.807) is 0 Å². The highest BCUT2D eigenvalue weighted by Gasteiger charge is 2.40.